The molecule has 3 rings (SSSR count). The number of aliphatic hydroxyl groups is 1. The van der Waals surface area contributed by atoms with Crippen molar-refractivity contribution in [1.29, 1.82) is 0 Å². The molecular weight excluding hydrogens is 374 g/mol. The highest BCUT2D eigenvalue weighted by Crippen LogP contribution is 2.39. The zero-order chi connectivity index (χ0) is 19.6. The summed E-state index contributed by atoms with van der Waals surface area (Å²) in [6, 6.07) is 6.64. The highest BCUT2D eigenvalue weighted by Gasteiger charge is 2.35. The Morgan fingerprint density at radius 2 is 1.78 bits per heavy atom. The summed E-state index contributed by atoms with van der Waals surface area (Å²) in [5, 5.41) is 22.2. The molecule has 1 aromatic carbocycles. The van der Waals surface area contributed by atoms with E-state index in [9.17, 15) is 15.2 Å². The van der Waals surface area contributed by atoms with Crippen LogP contribution in [0.15, 0.2) is 30.5 Å². The first kappa shape index (κ1) is 19.2. The number of anilines is 1. The molecule has 1 fully saturated rings. The average Bonchev–Trinajstić information content (AvgIpc) is 2.68. The second kappa shape index (κ2) is 7.58. The van der Waals surface area contributed by atoms with Crippen molar-refractivity contribution in [2.24, 2.45) is 0 Å². The molecule has 1 N–H and O–H groups in total. The third-order valence-corrected chi connectivity index (χ3v) is 5.08. The first-order valence-electron chi connectivity index (χ1n) is 8.37. The topological polar surface area (TPSA) is 98.0 Å². The lowest BCUT2D eigenvalue weighted by Crippen LogP contribution is -2.43. The summed E-state index contributed by atoms with van der Waals surface area (Å²) < 4.78 is 10.6. The van der Waals surface area contributed by atoms with Crippen molar-refractivity contribution < 1.29 is 19.5 Å². The number of rotatable bonds is 5. The number of halogens is 1. The van der Waals surface area contributed by atoms with E-state index in [2.05, 4.69) is 4.98 Å². The molecule has 1 aliphatic heterocycles. The summed E-state index contributed by atoms with van der Waals surface area (Å²) in [5.41, 5.74) is -0.465. The molecule has 0 aliphatic carbocycles. The smallest absolute Gasteiger partial charge is 0.289 e. The van der Waals surface area contributed by atoms with Crippen LogP contribution in [0.3, 0.4) is 0 Å². The largest absolute Gasteiger partial charge is 0.497 e. The van der Waals surface area contributed by atoms with Gasteiger partial charge in [-0.25, -0.2) is 4.98 Å². The molecular formula is C18H20ClN3O5. The first-order chi connectivity index (χ1) is 12.9. The number of hydrogen-bond acceptors (Lipinski definition) is 7. The first-order valence-corrected chi connectivity index (χ1v) is 8.75. The number of nitro groups is 1. The van der Waals surface area contributed by atoms with Gasteiger partial charge in [0.15, 0.2) is 0 Å². The molecule has 1 saturated heterocycles. The van der Waals surface area contributed by atoms with E-state index in [0.717, 1.165) is 5.56 Å². The fraction of sp³-hybridized carbons (Fsp3) is 0.389. The quantitative estimate of drug-likeness (QED) is 0.615. The van der Waals surface area contributed by atoms with Gasteiger partial charge in [0.05, 0.1) is 29.8 Å². The predicted molar refractivity (Wildman–Crippen MR) is 101 cm³/mol. The van der Waals surface area contributed by atoms with E-state index in [4.69, 9.17) is 21.1 Å². The zero-order valence-electron chi connectivity index (χ0n) is 15.0. The highest BCUT2D eigenvalue weighted by molar-refractivity contribution is 6.33. The molecule has 2 aromatic rings. The van der Waals surface area contributed by atoms with Gasteiger partial charge in [-0.1, -0.05) is 11.6 Å². The number of piperidine rings is 1. The Morgan fingerprint density at radius 3 is 2.26 bits per heavy atom. The van der Waals surface area contributed by atoms with Gasteiger partial charge in [-0.2, -0.15) is 0 Å². The molecule has 0 unspecified atom stereocenters. The van der Waals surface area contributed by atoms with Gasteiger partial charge < -0.3 is 19.5 Å². The molecule has 0 bridgehead atoms. The number of ether oxygens (including phenoxy) is 2. The van der Waals surface area contributed by atoms with Gasteiger partial charge in [0.2, 0.25) is 0 Å². The Morgan fingerprint density at radius 1 is 1.19 bits per heavy atom. The van der Waals surface area contributed by atoms with Gasteiger partial charge >= 0.3 is 0 Å². The summed E-state index contributed by atoms with van der Waals surface area (Å²) in [7, 11) is 3.13. The molecule has 27 heavy (non-hydrogen) atoms. The van der Waals surface area contributed by atoms with Crippen molar-refractivity contribution in [2.45, 2.75) is 18.4 Å². The Bertz CT molecular complexity index is 831. The van der Waals surface area contributed by atoms with Gasteiger partial charge in [0.1, 0.15) is 23.5 Å². The average molecular weight is 394 g/mol. The van der Waals surface area contributed by atoms with E-state index in [1.807, 2.05) is 4.90 Å². The van der Waals surface area contributed by atoms with Gasteiger partial charge in [-0.3, -0.25) is 10.1 Å². The molecule has 1 aliphatic rings. The molecule has 144 valence electrons. The van der Waals surface area contributed by atoms with Crippen LogP contribution in [-0.2, 0) is 5.60 Å². The number of methoxy groups -OCH3 is 2. The fourth-order valence-electron chi connectivity index (χ4n) is 3.21. The number of nitrogens with zero attached hydrogens (tertiary/aromatic N) is 3. The number of hydrogen-bond donors (Lipinski definition) is 1. The number of pyridine rings is 1. The Hall–Kier alpha value is -2.58. The van der Waals surface area contributed by atoms with Gasteiger partial charge in [0, 0.05) is 25.2 Å². The summed E-state index contributed by atoms with van der Waals surface area (Å²) >= 11 is 6.17. The molecule has 2 heterocycles. The summed E-state index contributed by atoms with van der Waals surface area (Å²) in [4.78, 5) is 16.3. The Balaban J connectivity index is 1.79. The zero-order valence-corrected chi connectivity index (χ0v) is 15.8. The van der Waals surface area contributed by atoms with Gasteiger partial charge in [-0.15, -0.1) is 0 Å². The maximum Gasteiger partial charge on any atom is 0.289 e. The van der Waals surface area contributed by atoms with Crippen LogP contribution in [0.1, 0.15) is 18.4 Å². The fourth-order valence-corrected chi connectivity index (χ4v) is 3.49. The number of benzene rings is 1. The van der Waals surface area contributed by atoms with E-state index < -0.39 is 10.5 Å². The van der Waals surface area contributed by atoms with Crippen LogP contribution in [0.2, 0.25) is 5.02 Å². The Kier molecular flexibility index (Phi) is 5.38. The van der Waals surface area contributed by atoms with Crippen LogP contribution in [-0.4, -0.2) is 42.3 Å². The van der Waals surface area contributed by atoms with E-state index >= 15 is 0 Å². The van der Waals surface area contributed by atoms with Crippen molar-refractivity contribution in [3.8, 4) is 11.5 Å². The van der Waals surface area contributed by atoms with Gasteiger partial charge in [0.25, 0.3) is 5.69 Å². The molecule has 0 radical (unpaired) electrons. The number of aromatic nitrogens is 1. The normalized spacial score (nSPS) is 16.1. The minimum Gasteiger partial charge on any atom is -0.497 e. The molecule has 0 atom stereocenters. The third kappa shape index (κ3) is 3.91. The highest BCUT2D eigenvalue weighted by atomic mass is 35.5. The maximum absolute atomic E-state index is 11.2. The minimum absolute atomic E-state index is 0.152. The van der Waals surface area contributed by atoms with E-state index in [1.165, 1.54) is 12.3 Å². The summed E-state index contributed by atoms with van der Waals surface area (Å²) in [6.07, 6.45) is 2.07. The lowest BCUT2D eigenvalue weighted by Gasteiger charge is -2.39. The lowest BCUT2D eigenvalue weighted by molar-refractivity contribution is -0.385. The molecule has 9 heteroatoms. The van der Waals surface area contributed by atoms with Gasteiger partial charge in [-0.05, 0) is 30.5 Å². The van der Waals surface area contributed by atoms with Crippen LogP contribution in [0.25, 0.3) is 0 Å². The molecule has 0 saturated carbocycles. The van der Waals surface area contributed by atoms with Crippen molar-refractivity contribution in [1.82, 2.24) is 4.98 Å². The molecule has 0 spiro atoms. The monoisotopic (exact) mass is 393 g/mol. The van der Waals surface area contributed by atoms with Crippen molar-refractivity contribution in [3.63, 3.8) is 0 Å². The predicted octanol–water partition coefficient (Wildman–Crippen LogP) is 3.15. The maximum atomic E-state index is 11.2. The van der Waals surface area contributed by atoms with E-state index in [-0.39, 0.29) is 10.7 Å². The molecule has 1 aromatic heterocycles. The SMILES string of the molecule is COc1cc(OC)cc(C2(O)CCN(c3ncc([N+](=O)[O-])cc3Cl)CC2)c1. The molecule has 8 nitrogen and oxygen atoms in total. The van der Waals surface area contributed by atoms with E-state index in [0.29, 0.717) is 43.2 Å². The second-order valence-electron chi connectivity index (χ2n) is 6.38. The van der Waals surface area contributed by atoms with Crippen molar-refractivity contribution in [2.75, 3.05) is 32.2 Å². The van der Waals surface area contributed by atoms with Crippen molar-refractivity contribution >= 4 is 23.1 Å². The third-order valence-electron chi connectivity index (χ3n) is 4.80. The standard InChI is InChI=1S/C18H20ClN3O5/c1-26-14-7-12(8-15(10-14)27-2)18(23)3-5-21(6-4-18)17-16(19)9-13(11-20-17)22(24)25/h7-11,23H,3-6H2,1-2H3. The van der Waals surface area contributed by atoms with Crippen LogP contribution < -0.4 is 14.4 Å². The van der Waals surface area contributed by atoms with Crippen LogP contribution in [0, 0.1) is 10.1 Å². The lowest BCUT2D eigenvalue weighted by atomic mass is 9.84. The summed E-state index contributed by atoms with van der Waals surface area (Å²) in [6.45, 7) is 1.00. The van der Waals surface area contributed by atoms with Crippen molar-refractivity contribution in [3.05, 3.63) is 51.2 Å². The summed E-state index contributed by atoms with van der Waals surface area (Å²) in [5.74, 6) is 1.70. The van der Waals surface area contributed by atoms with Crippen LogP contribution in [0.4, 0.5) is 11.5 Å². The Labute approximate surface area is 161 Å². The van der Waals surface area contributed by atoms with Crippen LogP contribution in [0.5, 0.6) is 11.5 Å². The second-order valence-corrected chi connectivity index (χ2v) is 6.78. The van der Waals surface area contributed by atoms with E-state index in [1.54, 1.807) is 32.4 Å². The van der Waals surface area contributed by atoms with Crippen LogP contribution >= 0.6 is 11.6 Å². The minimum atomic E-state index is -1.04. The molecule has 0 amide bonds.